The van der Waals surface area contributed by atoms with E-state index in [0.717, 1.165) is 23.7 Å². The highest BCUT2D eigenvalue weighted by Crippen LogP contribution is 2.47. The molecule has 1 aromatic carbocycles. The molecule has 1 fully saturated rings. The summed E-state index contributed by atoms with van der Waals surface area (Å²) in [5, 5.41) is 38.5. The molecule has 3 heterocycles. The summed E-state index contributed by atoms with van der Waals surface area (Å²) >= 11 is 0. The standard InChI is InChI=1S/C27H34N5O9P/c1-4-18(5-2)13-38-26(36)17(3)31-42(37,41-19-9-7-6-8-10-19)39-14-21-23(33)24(34)27(15-28,40-21)22-12-11-20-25(35)29-16-30-32(20)22/h6-12,16-18,21,23-24,33-34H,4-5,13-14H2,1-3H3,(H,31,37)(H,29,30,35)/t17-,21+,23+,24+,27-,42-/m0/s1. The molecule has 4 rings (SSSR count). The van der Waals surface area contributed by atoms with Crippen LogP contribution in [0.15, 0.2) is 53.6 Å². The first-order valence-corrected chi connectivity index (χ1v) is 15.1. The van der Waals surface area contributed by atoms with Gasteiger partial charge in [-0.2, -0.15) is 15.4 Å². The number of esters is 1. The Bertz CT molecular complexity index is 1520. The second kappa shape index (κ2) is 13.2. The fourth-order valence-corrected chi connectivity index (χ4v) is 6.06. The van der Waals surface area contributed by atoms with Gasteiger partial charge in [0.1, 0.15) is 48.0 Å². The van der Waals surface area contributed by atoms with Gasteiger partial charge in [0.25, 0.3) is 5.56 Å². The Hall–Kier alpha value is -3.57. The van der Waals surface area contributed by atoms with E-state index in [-0.39, 0.29) is 29.5 Å². The molecule has 0 bridgehead atoms. The van der Waals surface area contributed by atoms with E-state index in [1.807, 2.05) is 19.9 Å². The Morgan fingerprint density at radius 2 is 1.98 bits per heavy atom. The van der Waals surface area contributed by atoms with E-state index in [4.69, 9.17) is 18.5 Å². The molecule has 0 radical (unpaired) electrons. The van der Waals surface area contributed by atoms with Gasteiger partial charge in [0.2, 0.25) is 5.60 Å². The van der Waals surface area contributed by atoms with Crippen molar-refractivity contribution in [1.29, 1.82) is 5.26 Å². The molecule has 0 amide bonds. The molecule has 1 saturated heterocycles. The van der Waals surface area contributed by atoms with Crippen LogP contribution in [-0.4, -0.2) is 68.3 Å². The number of nitrogens with one attached hydrogen (secondary N) is 2. The normalized spacial score (nSPS) is 24.3. The molecular weight excluding hydrogens is 569 g/mol. The number of ether oxygens (including phenoxy) is 2. The fourth-order valence-electron chi connectivity index (χ4n) is 4.56. The van der Waals surface area contributed by atoms with Gasteiger partial charge in [-0.3, -0.25) is 14.1 Å². The molecule has 0 aliphatic carbocycles. The van der Waals surface area contributed by atoms with Crippen molar-refractivity contribution in [3.05, 3.63) is 64.8 Å². The summed E-state index contributed by atoms with van der Waals surface area (Å²) < 4.78 is 37.5. The Labute approximate surface area is 241 Å². The molecule has 0 unspecified atom stereocenters. The topological polar surface area (TPSA) is 197 Å². The molecule has 0 spiro atoms. The number of benzene rings is 1. The molecule has 3 aromatic rings. The van der Waals surface area contributed by atoms with E-state index in [9.17, 15) is 29.6 Å². The van der Waals surface area contributed by atoms with E-state index >= 15 is 0 Å². The van der Waals surface area contributed by atoms with Gasteiger partial charge in [0.05, 0.1) is 18.9 Å². The number of aliphatic hydroxyl groups is 2. The molecule has 15 heteroatoms. The molecule has 4 N–H and O–H groups in total. The van der Waals surface area contributed by atoms with Crippen LogP contribution in [0.1, 0.15) is 39.3 Å². The van der Waals surface area contributed by atoms with Crippen molar-refractivity contribution in [2.24, 2.45) is 5.92 Å². The number of aliphatic hydroxyl groups excluding tert-OH is 2. The van der Waals surface area contributed by atoms with Crippen LogP contribution in [0.5, 0.6) is 5.75 Å². The van der Waals surface area contributed by atoms with Gasteiger partial charge in [0.15, 0.2) is 0 Å². The number of para-hydroxylation sites is 1. The lowest BCUT2D eigenvalue weighted by molar-refractivity contribution is -0.146. The van der Waals surface area contributed by atoms with Crippen molar-refractivity contribution < 1.29 is 38.1 Å². The van der Waals surface area contributed by atoms with Gasteiger partial charge in [-0.15, -0.1) is 0 Å². The minimum Gasteiger partial charge on any atom is -0.464 e. The van der Waals surface area contributed by atoms with Crippen molar-refractivity contribution in [1.82, 2.24) is 19.7 Å². The third-order valence-corrected chi connectivity index (χ3v) is 8.80. The molecule has 42 heavy (non-hydrogen) atoms. The lowest BCUT2D eigenvalue weighted by Gasteiger charge is -2.25. The SMILES string of the molecule is CCC(CC)COC(=O)[C@H](C)N[P@](=O)(OC[C@H]1O[C@@](C#N)(c2ccc3c(=O)[nH]cnn23)[C@H](O)[C@@H]1O)Oc1ccccc1. The lowest BCUT2D eigenvalue weighted by Crippen LogP contribution is -2.41. The summed E-state index contributed by atoms with van der Waals surface area (Å²) in [6, 6.07) is 11.6. The number of nitriles is 1. The predicted octanol–water partition coefficient (Wildman–Crippen LogP) is 2.02. The van der Waals surface area contributed by atoms with Crippen molar-refractivity contribution in [3.63, 3.8) is 0 Å². The van der Waals surface area contributed by atoms with Crippen LogP contribution in [0.4, 0.5) is 0 Å². The van der Waals surface area contributed by atoms with E-state index < -0.39 is 55.8 Å². The minimum absolute atomic E-state index is 0.00387. The van der Waals surface area contributed by atoms with Crippen molar-refractivity contribution in [2.45, 2.75) is 63.6 Å². The molecule has 226 valence electrons. The summed E-state index contributed by atoms with van der Waals surface area (Å²) in [5.74, 6) is -0.314. The lowest BCUT2D eigenvalue weighted by atomic mass is 9.92. The number of hydrogen-bond donors (Lipinski definition) is 4. The Morgan fingerprint density at radius 1 is 1.26 bits per heavy atom. The predicted molar refractivity (Wildman–Crippen MR) is 148 cm³/mol. The van der Waals surface area contributed by atoms with E-state index in [1.54, 1.807) is 18.2 Å². The summed E-state index contributed by atoms with van der Waals surface area (Å²) in [6.07, 6.45) is -2.08. The average Bonchev–Trinajstić information content (AvgIpc) is 3.53. The maximum atomic E-state index is 13.9. The number of nitrogens with zero attached hydrogens (tertiary/aromatic N) is 3. The number of carbonyl (C=O) groups excluding carboxylic acids is 1. The van der Waals surface area contributed by atoms with Crippen LogP contribution in [0.25, 0.3) is 5.52 Å². The fraction of sp³-hybridized carbons (Fsp3) is 0.481. The number of hydrogen-bond acceptors (Lipinski definition) is 11. The summed E-state index contributed by atoms with van der Waals surface area (Å²) in [4.78, 5) is 27.2. The first-order valence-electron chi connectivity index (χ1n) is 13.5. The summed E-state index contributed by atoms with van der Waals surface area (Å²) in [6.45, 7) is 5.01. The molecular formula is C27H34N5O9P. The molecule has 6 atom stereocenters. The zero-order valence-corrected chi connectivity index (χ0v) is 24.3. The Morgan fingerprint density at radius 3 is 2.64 bits per heavy atom. The van der Waals surface area contributed by atoms with Crippen LogP contribution < -0.4 is 15.2 Å². The van der Waals surface area contributed by atoms with Gasteiger partial charge in [-0.05, 0) is 37.1 Å². The zero-order chi connectivity index (χ0) is 30.5. The first-order chi connectivity index (χ1) is 20.1. The molecule has 14 nitrogen and oxygen atoms in total. The number of aromatic amines is 1. The van der Waals surface area contributed by atoms with E-state index in [0.29, 0.717) is 0 Å². The van der Waals surface area contributed by atoms with E-state index in [2.05, 4.69) is 15.2 Å². The quantitative estimate of drug-likeness (QED) is 0.164. The summed E-state index contributed by atoms with van der Waals surface area (Å²) in [5.41, 5.74) is -2.56. The molecule has 0 saturated carbocycles. The largest absolute Gasteiger partial charge is 0.464 e. The number of carbonyl (C=O) groups is 1. The average molecular weight is 604 g/mol. The highest BCUT2D eigenvalue weighted by Gasteiger charge is 2.58. The Kier molecular flexibility index (Phi) is 9.83. The number of rotatable bonds is 13. The molecule has 2 aromatic heterocycles. The zero-order valence-electron chi connectivity index (χ0n) is 23.4. The maximum Gasteiger partial charge on any atom is 0.459 e. The smallest absolute Gasteiger partial charge is 0.459 e. The van der Waals surface area contributed by atoms with Crippen LogP contribution in [0.3, 0.4) is 0 Å². The number of aromatic nitrogens is 3. The van der Waals surface area contributed by atoms with Gasteiger partial charge in [0, 0.05) is 0 Å². The molecule has 1 aliphatic heterocycles. The second-order valence-electron chi connectivity index (χ2n) is 9.93. The van der Waals surface area contributed by atoms with Crippen LogP contribution in [0, 0.1) is 17.2 Å². The summed E-state index contributed by atoms with van der Waals surface area (Å²) in [7, 11) is -4.34. The van der Waals surface area contributed by atoms with Crippen molar-refractivity contribution >= 4 is 19.2 Å². The second-order valence-corrected chi connectivity index (χ2v) is 11.6. The monoisotopic (exact) mass is 603 g/mol. The van der Waals surface area contributed by atoms with E-state index in [1.165, 1.54) is 31.2 Å². The van der Waals surface area contributed by atoms with Crippen LogP contribution >= 0.6 is 7.75 Å². The third-order valence-electron chi connectivity index (χ3n) is 7.16. The number of H-pyrrole nitrogens is 1. The minimum atomic E-state index is -4.34. The van der Waals surface area contributed by atoms with Gasteiger partial charge < -0.3 is 29.2 Å². The first kappa shape index (κ1) is 31.4. The van der Waals surface area contributed by atoms with Crippen molar-refractivity contribution in [3.8, 4) is 11.8 Å². The molecule has 1 aliphatic rings. The van der Waals surface area contributed by atoms with Gasteiger partial charge >= 0.3 is 13.7 Å². The maximum absolute atomic E-state index is 13.9. The van der Waals surface area contributed by atoms with Crippen LogP contribution in [0.2, 0.25) is 0 Å². The number of fused-ring (bicyclic) bond motifs is 1. The highest BCUT2D eigenvalue weighted by atomic mass is 31.2. The third kappa shape index (κ3) is 6.42. The highest BCUT2D eigenvalue weighted by molar-refractivity contribution is 7.52. The van der Waals surface area contributed by atoms with Gasteiger partial charge in [-0.25, -0.2) is 9.08 Å². The Balaban J connectivity index is 1.54. The van der Waals surface area contributed by atoms with Crippen molar-refractivity contribution in [2.75, 3.05) is 13.2 Å². The van der Waals surface area contributed by atoms with Crippen LogP contribution in [-0.2, 0) is 29.0 Å². The van der Waals surface area contributed by atoms with Gasteiger partial charge in [-0.1, -0.05) is 44.9 Å².